The number of nitrogens with one attached hydrogen (secondary N) is 1. The van der Waals surface area contributed by atoms with Crippen LogP contribution in [0.25, 0.3) is 11.0 Å². The second kappa shape index (κ2) is 7.53. The highest BCUT2D eigenvalue weighted by Gasteiger charge is 2.29. The fourth-order valence-corrected chi connectivity index (χ4v) is 3.56. The van der Waals surface area contributed by atoms with Gasteiger partial charge in [-0.3, -0.25) is 9.48 Å². The van der Waals surface area contributed by atoms with E-state index < -0.39 is 6.43 Å². The standard InChI is InChI=1S/C20H24F2N6O/c1-4-27-8-7-15(26-27)11(2)23-17(29)10-28-20-18(12(3)25-28)14(19(21)22)9-16(24-20)13-5-6-13/h7-9,11,13,19H,4-6,10H2,1-3H3,(H,23,29). The average Bonchev–Trinajstić information content (AvgIpc) is 3.34. The summed E-state index contributed by atoms with van der Waals surface area (Å²) in [6.07, 6.45) is 1.15. The SMILES string of the molecule is CCn1ccc(C(C)NC(=O)Cn2nc(C)c3c(C(F)F)cc(C4CC4)nc32)n1. The fourth-order valence-electron chi connectivity index (χ4n) is 3.56. The van der Waals surface area contributed by atoms with E-state index in [4.69, 9.17) is 0 Å². The van der Waals surface area contributed by atoms with Crippen molar-refractivity contribution in [3.8, 4) is 0 Å². The van der Waals surface area contributed by atoms with Gasteiger partial charge in [-0.05, 0) is 45.7 Å². The maximum atomic E-state index is 13.7. The summed E-state index contributed by atoms with van der Waals surface area (Å²) in [5, 5.41) is 12.0. The summed E-state index contributed by atoms with van der Waals surface area (Å²) in [5.41, 5.74) is 2.16. The number of rotatable bonds is 7. The summed E-state index contributed by atoms with van der Waals surface area (Å²) in [6, 6.07) is 3.08. The predicted molar refractivity (Wildman–Crippen MR) is 104 cm³/mol. The number of nitrogens with zero attached hydrogens (tertiary/aromatic N) is 5. The molecule has 1 fully saturated rings. The number of alkyl halides is 2. The first-order valence-corrected chi connectivity index (χ1v) is 9.86. The quantitative estimate of drug-likeness (QED) is 0.654. The lowest BCUT2D eigenvalue weighted by Crippen LogP contribution is -2.30. The molecule has 3 aromatic heterocycles. The van der Waals surface area contributed by atoms with Gasteiger partial charge in [0.15, 0.2) is 5.65 Å². The van der Waals surface area contributed by atoms with E-state index in [1.54, 1.807) is 11.6 Å². The lowest BCUT2D eigenvalue weighted by molar-refractivity contribution is -0.122. The van der Waals surface area contributed by atoms with Crippen molar-refractivity contribution in [1.82, 2.24) is 29.9 Å². The smallest absolute Gasteiger partial charge is 0.264 e. The van der Waals surface area contributed by atoms with Gasteiger partial charge in [-0.1, -0.05) is 0 Å². The summed E-state index contributed by atoms with van der Waals surface area (Å²) in [5.74, 6) is -0.0479. The van der Waals surface area contributed by atoms with Crippen molar-refractivity contribution < 1.29 is 13.6 Å². The lowest BCUT2D eigenvalue weighted by Gasteiger charge is -2.12. The molecule has 1 atom stereocenters. The largest absolute Gasteiger partial charge is 0.346 e. The van der Waals surface area contributed by atoms with E-state index in [0.717, 1.165) is 25.1 Å². The number of carbonyl (C=O) groups is 1. The number of aryl methyl sites for hydroxylation is 2. The Hall–Kier alpha value is -2.84. The summed E-state index contributed by atoms with van der Waals surface area (Å²) in [7, 11) is 0. The maximum absolute atomic E-state index is 13.7. The van der Waals surface area contributed by atoms with Crippen LogP contribution < -0.4 is 5.32 Å². The number of halogens is 2. The van der Waals surface area contributed by atoms with Gasteiger partial charge in [0.05, 0.1) is 22.8 Å². The van der Waals surface area contributed by atoms with E-state index in [0.29, 0.717) is 22.4 Å². The van der Waals surface area contributed by atoms with Crippen LogP contribution in [-0.2, 0) is 17.9 Å². The van der Waals surface area contributed by atoms with Crippen molar-refractivity contribution in [2.24, 2.45) is 0 Å². The summed E-state index contributed by atoms with van der Waals surface area (Å²) < 4.78 is 30.5. The van der Waals surface area contributed by atoms with E-state index >= 15 is 0 Å². The molecule has 1 aliphatic rings. The third kappa shape index (κ3) is 3.86. The first-order chi connectivity index (χ1) is 13.9. The molecule has 0 spiro atoms. The molecule has 0 radical (unpaired) electrons. The Morgan fingerprint density at radius 1 is 1.34 bits per heavy atom. The van der Waals surface area contributed by atoms with Gasteiger partial charge >= 0.3 is 0 Å². The molecule has 29 heavy (non-hydrogen) atoms. The van der Waals surface area contributed by atoms with Crippen molar-refractivity contribution >= 4 is 16.9 Å². The normalized spacial score (nSPS) is 15.2. The molecule has 1 N–H and O–H groups in total. The van der Waals surface area contributed by atoms with Gasteiger partial charge in [0.2, 0.25) is 5.91 Å². The third-order valence-electron chi connectivity index (χ3n) is 5.26. The fraction of sp³-hybridized carbons (Fsp3) is 0.500. The van der Waals surface area contributed by atoms with E-state index in [1.165, 1.54) is 10.7 Å². The van der Waals surface area contributed by atoms with E-state index in [1.807, 2.05) is 26.1 Å². The molecular weight excluding hydrogens is 378 g/mol. The highest BCUT2D eigenvalue weighted by atomic mass is 19.3. The molecule has 0 aromatic carbocycles. The summed E-state index contributed by atoms with van der Waals surface area (Å²) in [4.78, 5) is 17.2. The Labute approximate surface area is 167 Å². The minimum absolute atomic E-state index is 0.0560. The highest BCUT2D eigenvalue weighted by molar-refractivity contribution is 5.85. The van der Waals surface area contributed by atoms with Crippen LogP contribution in [0.5, 0.6) is 0 Å². The number of carbonyl (C=O) groups excluding carboxylic acids is 1. The summed E-state index contributed by atoms with van der Waals surface area (Å²) in [6.45, 7) is 6.17. The molecule has 154 valence electrons. The highest BCUT2D eigenvalue weighted by Crippen LogP contribution is 2.41. The number of fused-ring (bicyclic) bond motifs is 1. The Kier molecular flexibility index (Phi) is 5.06. The molecule has 1 unspecified atom stereocenters. The number of hydrogen-bond acceptors (Lipinski definition) is 4. The lowest BCUT2D eigenvalue weighted by atomic mass is 10.1. The van der Waals surface area contributed by atoms with Crippen LogP contribution in [-0.4, -0.2) is 30.5 Å². The zero-order valence-electron chi connectivity index (χ0n) is 16.7. The Balaban J connectivity index is 1.59. The third-order valence-corrected chi connectivity index (χ3v) is 5.26. The minimum Gasteiger partial charge on any atom is -0.346 e. The predicted octanol–water partition coefficient (Wildman–Crippen LogP) is 3.65. The first-order valence-electron chi connectivity index (χ1n) is 9.86. The molecule has 4 rings (SSSR count). The number of hydrogen-bond donors (Lipinski definition) is 1. The number of pyridine rings is 1. The Morgan fingerprint density at radius 3 is 2.72 bits per heavy atom. The molecule has 0 bridgehead atoms. The van der Waals surface area contributed by atoms with Crippen LogP contribution in [0.15, 0.2) is 18.3 Å². The monoisotopic (exact) mass is 402 g/mol. The van der Waals surface area contributed by atoms with Gasteiger partial charge in [-0.15, -0.1) is 0 Å². The maximum Gasteiger partial charge on any atom is 0.264 e. The van der Waals surface area contributed by atoms with Crippen LogP contribution >= 0.6 is 0 Å². The van der Waals surface area contributed by atoms with Gasteiger partial charge in [0, 0.05) is 29.9 Å². The second-order valence-corrected chi connectivity index (χ2v) is 7.54. The zero-order chi connectivity index (χ0) is 20.7. The van der Waals surface area contributed by atoms with Crippen LogP contribution in [0.2, 0.25) is 0 Å². The van der Waals surface area contributed by atoms with Gasteiger partial charge in [-0.25, -0.2) is 18.4 Å². The van der Waals surface area contributed by atoms with Crippen molar-refractivity contribution in [2.75, 3.05) is 0 Å². The van der Waals surface area contributed by atoms with E-state index in [9.17, 15) is 13.6 Å². The molecule has 1 amide bonds. The Bertz CT molecular complexity index is 1050. The van der Waals surface area contributed by atoms with Crippen molar-refractivity contribution in [3.63, 3.8) is 0 Å². The Morgan fingerprint density at radius 2 is 2.10 bits per heavy atom. The molecule has 1 saturated carbocycles. The number of amides is 1. The van der Waals surface area contributed by atoms with E-state index in [2.05, 4.69) is 20.5 Å². The van der Waals surface area contributed by atoms with Gasteiger partial charge < -0.3 is 5.32 Å². The number of aromatic nitrogens is 5. The molecule has 9 heteroatoms. The van der Waals surface area contributed by atoms with Crippen LogP contribution in [0.1, 0.15) is 67.7 Å². The van der Waals surface area contributed by atoms with Gasteiger partial charge in [0.25, 0.3) is 6.43 Å². The zero-order valence-corrected chi connectivity index (χ0v) is 16.7. The minimum atomic E-state index is -2.61. The molecule has 0 saturated heterocycles. The van der Waals surface area contributed by atoms with Crippen molar-refractivity contribution in [1.29, 1.82) is 0 Å². The molecular formula is C20H24F2N6O. The first kappa shape index (κ1) is 19.5. The average molecular weight is 402 g/mol. The molecule has 0 aliphatic heterocycles. The van der Waals surface area contributed by atoms with Crippen molar-refractivity contribution in [2.45, 2.75) is 65.1 Å². The second-order valence-electron chi connectivity index (χ2n) is 7.54. The topological polar surface area (TPSA) is 77.6 Å². The van der Waals surface area contributed by atoms with Crippen molar-refractivity contribution in [3.05, 3.63) is 41.0 Å². The van der Waals surface area contributed by atoms with Crippen LogP contribution in [0.4, 0.5) is 8.78 Å². The van der Waals surface area contributed by atoms with E-state index in [-0.39, 0.29) is 30.0 Å². The van der Waals surface area contributed by atoms with Gasteiger partial charge in [0.1, 0.15) is 6.54 Å². The molecule has 1 aliphatic carbocycles. The van der Waals surface area contributed by atoms with Gasteiger partial charge in [-0.2, -0.15) is 10.2 Å². The summed E-state index contributed by atoms with van der Waals surface area (Å²) >= 11 is 0. The van der Waals surface area contributed by atoms with Crippen LogP contribution in [0, 0.1) is 6.92 Å². The molecule has 3 heterocycles. The molecule has 7 nitrogen and oxygen atoms in total. The molecule has 3 aromatic rings. The van der Waals surface area contributed by atoms with Crippen LogP contribution in [0.3, 0.4) is 0 Å².